The van der Waals surface area contributed by atoms with E-state index in [-0.39, 0.29) is 87.0 Å². The molecular formula is C36H27N3O9. The third-order valence-corrected chi connectivity index (χ3v) is 8.84. The molecule has 7 rings (SSSR count). The van der Waals surface area contributed by atoms with Crippen molar-refractivity contribution in [2.45, 2.75) is 19.6 Å². The normalized spacial score (nSPS) is 14.9. The van der Waals surface area contributed by atoms with Crippen molar-refractivity contribution in [1.82, 2.24) is 14.7 Å². The van der Waals surface area contributed by atoms with Crippen molar-refractivity contribution in [1.29, 1.82) is 0 Å². The first-order chi connectivity index (χ1) is 23.2. The van der Waals surface area contributed by atoms with Gasteiger partial charge in [0.25, 0.3) is 35.4 Å². The quantitative estimate of drug-likeness (QED) is 0.246. The molecule has 6 amide bonds. The van der Waals surface area contributed by atoms with Gasteiger partial charge >= 0.3 is 0 Å². The molecule has 12 nitrogen and oxygen atoms in total. The molecule has 0 unspecified atom stereocenters. The number of nitrogens with zero attached hydrogens (tertiary/aromatic N) is 3. The summed E-state index contributed by atoms with van der Waals surface area (Å²) < 4.78 is 17.7. The van der Waals surface area contributed by atoms with Gasteiger partial charge in [-0.25, -0.2) is 0 Å². The Balaban J connectivity index is 1.40. The van der Waals surface area contributed by atoms with Gasteiger partial charge < -0.3 is 14.2 Å². The first-order valence-corrected chi connectivity index (χ1v) is 14.9. The summed E-state index contributed by atoms with van der Waals surface area (Å²) in [4.78, 5) is 84.0. The lowest BCUT2D eigenvalue weighted by Gasteiger charge is -2.28. The second-order valence-electron chi connectivity index (χ2n) is 11.3. The minimum absolute atomic E-state index is 0.0860. The lowest BCUT2D eigenvalue weighted by Crippen LogP contribution is -2.33. The maximum absolute atomic E-state index is 13.5. The number of hydrogen-bond acceptors (Lipinski definition) is 9. The number of imide groups is 3. The molecule has 0 saturated heterocycles. The molecule has 0 spiro atoms. The van der Waals surface area contributed by atoms with E-state index in [9.17, 15) is 28.8 Å². The topological polar surface area (TPSA) is 140 Å². The highest BCUT2D eigenvalue weighted by atomic mass is 16.5. The Morgan fingerprint density at radius 1 is 0.375 bits per heavy atom. The zero-order valence-electron chi connectivity index (χ0n) is 26.1. The van der Waals surface area contributed by atoms with Crippen molar-refractivity contribution in [2.24, 2.45) is 0 Å². The van der Waals surface area contributed by atoms with Crippen molar-refractivity contribution >= 4 is 35.4 Å². The van der Waals surface area contributed by atoms with Crippen molar-refractivity contribution in [2.75, 3.05) is 21.3 Å². The van der Waals surface area contributed by atoms with Crippen LogP contribution >= 0.6 is 0 Å². The Kier molecular flexibility index (Phi) is 7.27. The summed E-state index contributed by atoms with van der Waals surface area (Å²) in [5.74, 6) is -3.00. The fourth-order valence-electron chi connectivity index (χ4n) is 6.65. The minimum Gasteiger partial charge on any atom is -0.496 e. The molecule has 12 heteroatoms. The van der Waals surface area contributed by atoms with E-state index < -0.39 is 35.4 Å². The number of carbonyl (C=O) groups is 6. The third kappa shape index (κ3) is 4.37. The SMILES string of the molecule is COc1c(CN2C(=O)c3ccccc3C2=O)c(OC)c(CN2C(=O)c3ccccc3C2=O)c(OC)c1CN1C(=O)c2ccccc2C1=O. The van der Waals surface area contributed by atoms with Crippen LogP contribution in [0.4, 0.5) is 0 Å². The van der Waals surface area contributed by atoms with E-state index in [2.05, 4.69) is 0 Å². The van der Waals surface area contributed by atoms with Gasteiger partial charge in [-0.15, -0.1) is 0 Å². The Morgan fingerprint density at radius 2 is 0.562 bits per heavy atom. The molecule has 0 aliphatic carbocycles. The first kappa shape index (κ1) is 30.4. The van der Waals surface area contributed by atoms with Crippen LogP contribution in [0.15, 0.2) is 72.8 Å². The Morgan fingerprint density at radius 3 is 0.729 bits per heavy atom. The molecule has 4 aromatic carbocycles. The number of carbonyl (C=O) groups excluding carboxylic acids is 6. The number of rotatable bonds is 9. The molecule has 0 atom stereocenters. The number of amides is 6. The highest BCUT2D eigenvalue weighted by Crippen LogP contribution is 2.47. The predicted molar refractivity (Wildman–Crippen MR) is 168 cm³/mol. The minimum atomic E-state index is -0.542. The highest BCUT2D eigenvalue weighted by Gasteiger charge is 2.42. The summed E-state index contributed by atoms with van der Waals surface area (Å²) in [5.41, 5.74) is 1.98. The lowest BCUT2D eigenvalue weighted by molar-refractivity contribution is 0.0629. The van der Waals surface area contributed by atoms with E-state index >= 15 is 0 Å². The monoisotopic (exact) mass is 645 g/mol. The number of benzene rings is 4. The van der Waals surface area contributed by atoms with Crippen LogP contribution in [0, 0.1) is 0 Å². The number of hydrogen-bond donors (Lipinski definition) is 0. The first-order valence-electron chi connectivity index (χ1n) is 14.9. The largest absolute Gasteiger partial charge is 0.496 e. The van der Waals surface area contributed by atoms with E-state index in [4.69, 9.17) is 14.2 Å². The molecule has 0 N–H and O–H groups in total. The van der Waals surface area contributed by atoms with E-state index in [1.807, 2.05) is 0 Å². The summed E-state index contributed by atoms with van der Waals surface area (Å²) in [5, 5.41) is 0. The fourth-order valence-corrected chi connectivity index (χ4v) is 6.65. The number of ether oxygens (including phenoxy) is 3. The Hall–Kier alpha value is -6.30. The molecule has 4 aromatic rings. The maximum Gasteiger partial charge on any atom is 0.261 e. The summed E-state index contributed by atoms with van der Waals surface area (Å²) in [6, 6.07) is 19.3. The second kappa shape index (κ2) is 11.5. The van der Waals surface area contributed by atoms with Gasteiger partial charge in [0.05, 0.1) is 91.0 Å². The average molecular weight is 646 g/mol. The van der Waals surface area contributed by atoms with Gasteiger partial charge in [0.2, 0.25) is 0 Å². The lowest BCUT2D eigenvalue weighted by atomic mass is 9.98. The number of fused-ring (bicyclic) bond motifs is 3. The van der Waals surface area contributed by atoms with Crippen LogP contribution in [0.25, 0.3) is 0 Å². The van der Waals surface area contributed by atoms with Crippen molar-refractivity contribution in [3.63, 3.8) is 0 Å². The fraction of sp³-hybridized carbons (Fsp3) is 0.167. The van der Waals surface area contributed by atoms with Crippen LogP contribution in [0.3, 0.4) is 0 Å². The molecule has 48 heavy (non-hydrogen) atoms. The maximum atomic E-state index is 13.5. The van der Waals surface area contributed by atoms with Gasteiger partial charge in [-0.3, -0.25) is 43.5 Å². The van der Waals surface area contributed by atoms with Gasteiger partial charge in [-0.1, -0.05) is 36.4 Å². The van der Waals surface area contributed by atoms with E-state index in [1.165, 1.54) is 21.3 Å². The molecule has 0 aromatic heterocycles. The van der Waals surface area contributed by atoms with Gasteiger partial charge in [0, 0.05) is 0 Å². The molecule has 240 valence electrons. The van der Waals surface area contributed by atoms with Crippen LogP contribution in [-0.2, 0) is 19.6 Å². The van der Waals surface area contributed by atoms with Gasteiger partial charge in [0.1, 0.15) is 17.2 Å². The van der Waals surface area contributed by atoms with Crippen molar-refractivity contribution in [3.8, 4) is 17.2 Å². The standard InChI is InChI=1S/C36H27N3O9/c1-46-28-25(16-37-31(40)19-10-4-5-11-20(19)32(37)41)29(47-2)27(18-39-35(44)23-14-8-9-15-24(23)36(39)45)30(48-3)26(28)17-38-33(42)21-12-6-7-13-22(21)34(38)43/h4-15H,16-18H2,1-3H3. The molecule has 3 aliphatic rings. The molecular weight excluding hydrogens is 618 g/mol. The van der Waals surface area contributed by atoms with E-state index in [0.29, 0.717) is 0 Å². The average Bonchev–Trinajstić information content (AvgIpc) is 3.61. The molecule has 0 fully saturated rings. The molecule has 0 radical (unpaired) electrons. The summed E-state index contributed by atoms with van der Waals surface area (Å²) in [6.07, 6.45) is 0. The molecule has 0 saturated carbocycles. The number of methoxy groups -OCH3 is 3. The highest BCUT2D eigenvalue weighted by molar-refractivity contribution is 6.23. The smallest absolute Gasteiger partial charge is 0.261 e. The van der Waals surface area contributed by atoms with Gasteiger partial charge in [-0.2, -0.15) is 0 Å². The van der Waals surface area contributed by atoms with E-state index in [0.717, 1.165) is 14.7 Å². The summed E-state index contributed by atoms with van der Waals surface area (Å²) in [6.45, 7) is -1.02. The Labute approximate surface area is 274 Å². The second-order valence-corrected chi connectivity index (χ2v) is 11.3. The van der Waals surface area contributed by atoms with Crippen LogP contribution < -0.4 is 14.2 Å². The molecule has 3 heterocycles. The van der Waals surface area contributed by atoms with Gasteiger partial charge in [0.15, 0.2) is 0 Å². The third-order valence-electron chi connectivity index (χ3n) is 8.84. The summed E-state index contributed by atoms with van der Waals surface area (Å²) >= 11 is 0. The Bertz CT molecular complexity index is 1760. The van der Waals surface area contributed by atoms with Crippen LogP contribution in [0.5, 0.6) is 17.2 Å². The molecule has 3 aliphatic heterocycles. The van der Waals surface area contributed by atoms with Crippen molar-refractivity contribution < 1.29 is 43.0 Å². The predicted octanol–water partition coefficient (Wildman–Crippen LogP) is 4.10. The zero-order valence-corrected chi connectivity index (χ0v) is 26.1. The van der Waals surface area contributed by atoms with E-state index in [1.54, 1.807) is 72.8 Å². The van der Waals surface area contributed by atoms with Crippen LogP contribution in [0.1, 0.15) is 78.8 Å². The summed E-state index contributed by atoms with van der Waals surface area (Å²) in [7, 11) is 4.07. The van der Waals surface area contributed by atoms with Crippen LogP contribution in [0.2, 0.25) is 0 Å². The van der Waals surface area contributed by atoms with Crippen molar-refractivity contribution in [3.05, 3.63) is 123 Å². The van der Waals surface area contributed by atoms with Crippen LogP contribution in [-0.4, -0.2) is 71.5 Å². The zero-order chi connectivity index (χ0) is 33.9. The van der Waals surface area contributed by atoms with Gasteiger partial charge in [-0.05, 0) is 36.4 Å². The molecule has 0 bridgehead atoms.